The van der Waals surface area contributed by atoms with Gasteiger partial charge in [0, 0.05) is 6.42 Å². The SMILES string of the molecule is C=C(CC=C[C](C)C)CCCC(C)=O. The van der Waals surface area contributed by atoms with Crippen molar-refractivity contribution < 1.29 is 4.79 Å². The standard InChI is InChI=1S/C13H21O/c1-11(2)7-5-8-12(3)9-6-10-13(4)14/h5,7H,3,6,8-10H2,1-2,4H3. The molecule has 0 spiro atoms. The van der Waals surface area contributed by atoms with Crippen molar-refractivity contribution in [2.75, 3.05) is 0 Å². The Morgan fingerprint density at radius 1 is 1.21 bits per heavy atom. The second-order valence-corrected chi connectivity index (χ2v) is 3.99. The van der Waals surface area contributed by atoms with Gasteiger partial charge in [-0.1, -0.05) is 38.2 Å². The fourth-order valence-corrected chi connectivity index (χ4v) is 1.15. The van der Waals surface area contributed by atoms with E-state index in [1.807, 2.05) is 0 Å². The van der Waals surface area contributed by atoms with Crippen LogP contribution in [0.15, 0.2) is 24.3 Å². The summed E-state index contributed by atoms with van der Waals surface area (Å²) in [4.78, 5) is 10.7. The lowest BCUT2D eigenvalue weighted by Crippen LogP contribution is -1.90. The predicted molar refractivity (Wildman–Crippen MR) is 62.0 cm³/mol. The smallest absolute Gasteiger partial charge is 0.129 e. The molecule has 14 heavy (non-hydrogen) atoms. The first-order valence-electron chi connectivity index (χ1n) is 5.15. The Labute approximate surface area is 87.9 Å². The number of hydrogen-bond acceptors (Lipinski definition) is 1. The van der Waals surface area contributed by atoms with Crippen LogP contribution < -0.4 is 0 Å². The lowest BCUT2D eigenvalue weighted by atomic mass is 10.0. The van der Waals surface area contributed by atoms with Gasteiger partial charge in [-0.3, -0.25) is 0 Å². The largest absolute Gasteiger partial charge is 0.300 e. The molecule has 1 nitrogen and oxygen atoms in total. The maximum atomic E-state index is 10.7. The second-order valence-electron chi connectivity index (χ2n) is 3.99. The number of rotatable bonds is 7. The molecule has 0 aliphatic rings. The van der Waals surface area contributed by atoms with Crippen LogP contribution in [-0.2, 0) is 4.79 Å². The Hall–Kier alpha value is -0.850. The Bertz CT molecular complexity index is 211. The molecule has 0 aliphatic carbocycles. The molecule has 0 bridgehead atoms. The summed E-state index contributed by atoms with van der Waals surface area (Å²) >= 11 is 0. The van der Waals surface area contributed by atoms with Gasteiger partial charge < -0.3 is 4.79 Å². The second kappa shape index (κ2) is 7.54. The van der Waals surface area contributed by atoms with E-state index in [0.717, 1.165) is 19.3 Å². The average Bonchev–Trinajstić information content (AvgIpc) is 2.02. The van der Waals surface area contributed by atoms with E-state index in [0.29, 0.717) is 6.42 Å². The van der Waals surface area contributed by atoms with Crippen LogP contribution in [0.5, 0.6) is 0 Å². The summed E-state index contributed by atoms with van der Waals surface area (Å²) in [5.41, 5.74) is 1.21. The molecule has 0 aromatic carbocycles. The zero-order valence-electron chi connectivity index (χ0n) is 9.60. The molecule has 0 aromatic heterocycles. The fraction of sp³-hybridized carbons (Fsp3) is 0.538. The van der Waals surface area contributed by atoms with Gasteiger partial charge in [-0.15, -0.1) is 0 Å². The van der Waals surface area contributed by atoms with Crippen LogP contribution in [-0.4, -0.2) is 5.78 Å². The Balaban J connectivity index is 3.51. The molecular formula is C13H21O. The molecule has 0 heterocycles. The van der Waals surface area contributed by atoms with Crippen LogP contribution in [0.3, 0.4) is 0 Å². The third-order valence-electron chi connectivity index (χ3n) is 1.92. The number of carbonyl (C=O) groups is 1. The van der Waals surface area contributed by atoms with Gasteiger partial charge >= 0.3 is 0 Å². The van der Waals surface area contributed by atoms with E-state index in [4.69, 9.17) is 0 Å². The summed E-state index contributed by atoms with van der Waals surface area (Å²) in [6.07, 6.45) is 7.76. The molecule has 0 amide bonds. The van der Waals surface area contributed by atoms with Gasteiger partial charge in [0.25, 0.3) is 0 Å². The first-order valence-corrected chi connectivity index (χ1v) is 5.15. The molecule has 0 fully saturated rings. The predicted octanol–water partition coefficient (Wildman–Crippen LogP) is 3.86. The van der Waals surface area contributed by atoms with E-state index in [-0.39, 0.29) is 5.78 Å². The summed E-state index contributed by atoms with van der Waals surface area (Å²) in [6, 6.07) is 0. The van der Waals surface area contributed by atoms with Crippen molar-refractivity contribution in [3.63, 3.8) is 0 Å². The number of carbonyl (C=O) groups excluding carboxylic acids is 1. The Morgan fingerprint density at radius 3 is 2.36 bits per heavy atom. The van der Waals surface area contributed by atoms with Gasteiger partial charge in [-0.2, -0.15) is 0 Å². The van der Waals surface area contributed by atoms with Crippen LogP contribution in [0, 0.1) is 5.92 Å². The quantitative estimate of drug-likeness (QED) is 0.561. The average molecular weight is 193 g/mol. The minimum atomic E-state index is 0.270. The molecule has 0 rings (SSSR count). The van der Waals surface area contributed by atoms with Gasteiger partial charge in [0.2, 0.25) is 0 Å². The van der Waals surface area contributed by atoms with Gasteiger partial charge in [0.05, 0.1) is 0 Å². The minimum absolute atomic E-state index is 0.270. The fourth-order valence-electron chi connectivity index (χ4n) is 1.15. The molecule has 0 aliphatic heterocycles. The zero-order valence-corrected chi connectivity index (χ0v) is 9.60. The lowest BCUT2D eigenvalue weighted by molar-refractivity contribution is -0.117. The molecule has 0 N–H and O–H groups in total. The van der Waals surface area contributed by atoms with Crippen molar-refractivity contribution >= 4 is 5.78 Å². The van der Waals surface area contributed by atoms with Crippen molar-refractivity contribution in [3.8, 4) is 0 Å². The summed E-state index contributed by atoms with van der Waals surface area (Å²) in [5.74, 6) is 1.58. The number of ketones is 1. The molecular weight excluding hydrogens is 172 g/mol. The lowest BCUT2D eigenvalue weighted by Gasteiger charge is -2.01. The van der Waals surface area contributed by atoms with Crippen LogP contribution in [0.2, 0.25) is 0 Å². The summed E-state index contributed by atoms with van der Waals surface area (Å²) in [7, 11) is 0. The summed E-state index contributed by atoms with van der Waals surface area (Å²) in [6.45, 7) is 9.77. The first kappa shape index (κ1) is 13.2. The van der Waals surface area contributed by atoms with Crippen molar-refractivity contribution in [2.45, 2.75) is 46.5 Å². The number of hydrogen-bond donors (Lipinski definition) is 0. The molecule has 0 saturated carbocycles. The third-order valence-corrected chi connectivity index (χ3v) is 1.92. The van der Waals surface area contributed by atoms with E-state index >= 15 is 0 Å². The van der Waals surface area contributed by atoms with Crippen LogP contribution >= 0.6 is 0 Å². The molecule has 1 heteroatoms. The molecule has 0 saturated heterocycles. The van der Waals surface area contributed by atoms with E-state index < -0.39 is 0 Å². The van der Waals surface area contributed by atoms with Crippen LogP contribution in [0.4, 0.5) is 0 Å². The van der Waals surface area contributed by atoms with Crippen molar-refractivity contribution in [1.29, 1.82) is 0 Å². The topological polar surface area (TPSA) is 17.1 Å². The molecule has 79 valence electrons. The number of allylic oxidation sites excluding steroid dienone is 3. The van der Waals surface area contributed by atoms with E-state index in [1.54, 1.807) is 6.92 Å². The van der Waals surface area contributed by atoms with E-state index in [2.05, 4.69) is 32.6 Å². The maximum absolute atomic E-state index is 10.7. The van der Waals surface area contributed by atoms with Crippen molar-refractivity contribution in [2.24, 2.45) is 0 Å². The normalized spacial score (nSPS) is 11.1. The van der Waals surface area contributed by atoms with Crippen molar-refractivity contribution in [3.05, 3.63) is 30.2 Å². The highest BCUT2D eigenvalue weighted by Crippen LogP contribution is 2.11. The third kappa shape index (κ3) is 9.24. The van der Waals surface area contributed by atoms with Crippen LogP contribution in [0.25, 0.3) is 0 Å². The van der Waals surface area contributed by atoms with Crippen molar-refractivity contribution in [1.82, 2.24) is 0 Å². The van der Waals surface area contributed by atoms with Gasteiger partial charge in [-0.05, 0) is 32.1 Å². The zero-order chi connectivity index (χ0) is 11.0. The highest BCUT2D eigenvalue weighted by Gasteiger charge is 1.96. The summed E-state index contributed by atoms with van der Waals surface area (Å²) < 4.78 is 0. The molecule has 1 radical (unpaired) electrons. The summed E-state index contributed by atoms with van der Waals surface area (Å²) in [5, 5.41) is 0. The van der Waals surface area contributed by atoms with Gasteiger partial charge in [0.15, 0.2) is 0 Å². The Morgan fingerprint density at radius 2 is 1.86 bits per heavy atom. The highest BCUT2D eigenvalue weighted by atomic mass is 16.1. The maximum Gasteiger partial charge on any atom is 0.129 e. The minimum Gasteiger partial charge on any atom is -0.300 e. The molecule has 0 aromatic rings. The monoisotopic (exact) mass is 193 g/mol. The number of Topliss-reactive ketones (excluding diaryl/α,β-unsaturated/α-hetero) is 1. The first-order chi connectivity index (χ1) is 6.52. The highest BCUT2D eigenvalue weighted by molar-refractivity contribution is 5.75. The van der Waals surface area contributed by atoms with E-state index in [1.165, 1.54) is 11.5 Å². The molecule has 0 unspecified atom stereocenters. The molecule has 0 atom stereocenters. The Kier molecular flexibility index (Phi) is 7.09. The van der Waals surface area contributed by atoms with Gasteiger partial charge in [0.1, 0.15) is 5.78 Å². The van der Waals surface area contributed by atoms with Crippen LogP contribution in [0.1, 0.15) is 46.5 Å². The van der Waals surface area contributed by atoms with E-state index in [9.17, 15) is 4.79 Å². The van der Waals surface area contributed by atoms with Gasteiger partial charge in [-0.25, -0.2) is 0 Å².